The zero-order valence-corrected chi connectivity index (χ0v) is 18.7. The second-order valence-electron chi connectivity index (χ2n) is 7.20. The van der Waals surface area contributed by atoms with Crippen molar-refractivity contribution in [2.45, 2.75) is 29.7 Å². The van der Waals surface area contributed by atoms with Gasteiger partial charge in [0.05, 0.1) is 22.2 Å². The molecular weight excluding hydrogens is 434 g/mol. The number of sulfonamides is 1. The van der Waals surface area contributed by atoms with Crippen LogP contribution in [0.5, 0.6) is 0 Å². The molecule has 1 aliphatic heterocycles. The second-order valence-corrected chi connectivity index (χ2v) is 10.1. The summed E-state index contributed by atoms with van der Waals surface area (Å²) < 4.78 is 28.3. The number of aromatic nitrogens is 3. The number of anilines is 1. The molecule has 10 heteroatoms. The van der Waals surface area contributed by atoms with Gasteiger partial charge >= 0.3 is 0 Å². The Balaban J connectivity index is 1.38. The molecular formula is C21H23N5O3S2. The first kappa shape index (κ1) is 21.5. The maximum atomic E-state index is 12.6. The third-order valence-electron chi connectivity index (χ3n) is 4.86. The smallest absolute Gasteiger partial charge is 0.244 e. The third kappa shape index (κ3) is 4.97. The van der Waals surface area contributed by atoms with Crippen LogP contribution in [-0.4, -0.2) is 52.2 Å². The van der Waals surface area contributed by atoms with Crippen molar-refractivity contribution in [3.8, 4) is 5.69 Å². The molecule has 1 amide bonds. The molecule has 1 aromatic carbocycles. The Kier molecular flexibility index (Phi) is 6.40. The summed E-state index contributed by atoms with van der Waals surface area (Å²) in [5, 5.41) is 7.91. The van der Waals surface area contributed by atoms with E-state index < -0.39 is 10.0 Å². The van der Waals surface area contributed by atoms with Gasteiger partial charge in [0.1, 0.15) is 10.7 Å². The lowest BCUT2D eigenvalue weighted by Gasteiger charge is -2.15. The molecule has 162 valence electrons. The Labute approximate surface area is 185 Å². The zero-order valence-electron chi connectivity index (χ0n) is 17.1. The van der Waals surface area contributed by atoms with E-state index in [1.807, 2.05) is 43.3 Å². The van der Waals surface area contributed by atoms with Crippen molar-refractivity contribution in [1.82, 2.24) is 19.1 Å². The van der Waals surface area contributed by atoms with Crippen LogP contribution in [0.1, 0.15) is 18.5 Å². The first-order valence-corrected chi connectivity index (χ1v) is 12.4. The number of carbonyl (C=O) groups excluding carboxylic acids is 1. The van der Waals surface area contributed by atoms with Crippen LogP contribution in [0.25, 0.3) is 5.69 Å². The van der Waals surface area contributed by atoms with Gasteiger partial charge in [0.15, 0.2) is 0 Å². The van der Waals surface area contributed by atoms with Gasteiger partial charge in [-0.1, -0.05) is 30.0 Å². The molecule has 4 rings (SSSR count). The van der Waals surface area contributed by atoms with Crippen LogP contribution >= 0.6 is 11.8 Å². The fourth-order valence-corrected chi connectivity index (χ4v) is 5.46. The number of amides is 1. The van der Waals surface area contributed by atoms with Crippen LogP contribution in [0, 0.1) is 6.92 Å². The predicted octanol–water partition coefficient (Wildman–Crippen LogP) is 3.09. The van der Waals surface area contributed by atoms with Gasteiger partial charge in [0, 0.05) is 25.4 Å². The number of nitrogens with zero attached hydrogens (tertiary/aromatic N) is 4. The van der Waals surface area contributed by atoms with E-state index in [9.17, 15) is 13.2 Å². The fraction of sp³-hybridized carbons (Fsp3) is 0.286. The number of aryl methyl sites for hydroxylation is 1. The van der Waals surface area contributed by atoms with Gasteiger partial charge in [-0.05, 0) is 44.0 Å². The van der Waals surface area contributed by atoms with Gasteiger partial charge in [-0.3, -0.25) is 4.79 Å². The topological polar surface area (TPSA) is 97.2 Å². The molecule has 2 aromatic heterocycles. The van der Waals surface area contributed by atoms with Crippen molar-refractivity contribution in [1.29, 1.82) is 0 Å². The Hall–Kier alpha value is -2.69. The lowest BCUT2D eigenvalue weighted by Crippen LogP contribution is -2.27. The van der Waals surface area contributed by atoms with Gasteiger partial charge in [-0.2, -0.15) is 9.40 Å². The molecule has 31 heavy (non-hydrogen) atoms. The number of hydrogen-bond donors (Lipinski definition) is 1. The van der Waals surface area contributed by atoms with Crippen LogP contribution in [-0.2, 0) is 14.8 Å². The highest BCUT2D eigenvalue weighted by Gasteiger charge is 2.27. The van der Waals surface area contributed by atoms with Crippen molar-refractivity contribution >= 4 is 33.5 Å². The summed E-state index contributed by atoms with van der Waals surface area (Å²) in [4.78, 5) is 16.9. The molecule has 0 bridgehead atoms. The van der Waals surface area contributed by atoms with Crippen molar-refractivity contribution in [2.24, 2.45) is 0 Å². The molecule has 0 atom stereocenters. The Morgan fingerprint density at radius 1 is 1.13 bits per heavy atom. The quantitative estimate of drug-likeness (QED) is 0.548. The molecule has 1 saturated heterocycles. The summed E-state index contributed by atoms with van der Waals surface area (Å²) in [5.74, 6) is 0.538. The Bertz CT molecular complexity index is 1160. The maximum Gasteiger partial charge on any atom is 0.244 e. The number of para-hydroxylation sites is 1. The lowest BCUT2D eigenvalue weighted by molar-refractivity contribution is -0.113. The third-order valence-corrected chi connectivity index (χ3v) is 7.69. The highest BCUT2D eigenvalue weighted by Crippen LogP contribution is 2.23. The van der Waals surface area contributed by atoms with Crippen molar-refractivity contribution in [3.05, 3.63) is 60.4 Å². The molecule has 8 nitrogen and oxygen atoms in total. The zero-order chi connectivity index (χ0) is 21.8. The fourth-order valence-electron chi connectivity index (χ4n) is 3.36. The standard InChI is InChI=1S/C21H23N5O3S2/c1-16-13-19(26(24-16)17-7-3-2-4-8-17)23-20(27)15-30-21-10-9-18(14-22-21)31(28,29)25-11-5-6-12-25/h2-4,7-10,13-14H,5-6,11-12,15H2,1H3,(H,23,27). The van der Waals surface area contributed by atoms with E-state index in [2.05, 4.69) is 15.4 Å². The minimum Gasteiger partial charge on any atom is -0.310 e. The van der Waals surface area contributed by atoms with E-state index in [1.165, 1.54) is 22.3 Å². The van der Waals surface area contributed by atoms with E-state index in [-0.39, 0.29) is 16.6 Å². The molecule has 3 heterocycles. The summed E-state index contributed by atoms with van der Waals surface area (Å²) in [6.07, 6.45) is 3.14. The first-order chi connectivity index (χ1) is 14.9. The van der Waals surface area contributed by atoms with Crippen LogP contribution < -0.4 is 5.32 Å². The van der Waals surface area contributed by atoms with Gasteiger partial charge in [0.25, 0.3) is 0 Å². The molecule has 1 fully saturated rings. The van der Waals surface area contributed by atoms with Crippen LogP contribution in [0.3, 0.4) is 0 Å². The lowest BCUT2D eigenvalue weighted by atomic mass is 10.3. The molecule has 0 aliphatic carbocycles. The average molecular weight is 458 g/mol. The van der Waals surface area contributed by atoms with Crippen LogP contribution in [0.15, 0.2) is 64.6 Å². The van der Waals surface area contributed by atoms with Crippen LogP contribution in [0.2, 0.25) is 0 Å². The van der Waals surface area contributed by atoms with Gasteiger partial charge in [-0.25, -0.2) is 18.1 Å². The molecule has 1 aliphatic rings. The molecule has 0 radical (unpaired) electrons. The van der Waals surface area contributed by atoms with Crippen LogP contribution in [0.4, 0.5) is 5.82 Å². The monoisotopic (exact) mass is 457 g/mol. The molecule has 0 unspecified atom stereocenters. The van der Waals surface area contributed by atoms with E-state index in [4.69, 9.17) is 0 Å². The van der Waals surface area contributed by atoms with E-state index >= 15 is 0 Å². The summed E-state index contributed by atoms with van der Waals surface area (Å²) in [7, 11) is -3.48. The number of nitrogens with one attached hydrogen (secondary N) is 1. The Morgan fingerprint density at radius 2 is 1.87 bits per heavy atom. The summed E-state index contributed by atoms with van der Waals surface area (Å²) >= 11 is 1.25. The number of thioether (sulfide) groups is 1. The highest BCUT2D eigenvalue weighted by molar-refractivity contribution is 7.99. The van der Waals surface area contributed by atoms with Crippen molar-refractivity contribution in [3.63, 3.8) is 0 Å². The first-order valence-electron chi connectivity index (χ1n) is 9.94. The van der Waals surface area contributed by atoms with E-state index in [0.29, 0.717) is 23.9 Å². The molecule has 0 spiro atoms. The number of hydrogen-bond acceptors (Lipinski definition) is 6. The number of rotatable bonds is 7. The van der Waals surface area contributed by atoms with Crippen molar-refractivity contribution < 1.29 is 13.2 Å². The van der Waals surface area contributed by atoms with Crippen molar-refractivity contribution in [2.75, 3.05) is 24.2 Å². The van der Waals surface area contributed by atoms with E-state index in [1.54, 1.807) is 16.8 Å². The molecule has 1 N–H and O–H groups in total. The average Bonchev–Trinajstić information content (AvgIpc) is 3.44. The largest absolute Gasteiger partial charge is 0.310 e. The van der Waals surface area contributed by atoms with Gasteiger partial charge < -0.3 is 5.32 Å². The number of benzene rings is 1. The van der Waals surface area contributed by atoms with Gasteiger partial charge in [-0.15, -0.1) is 0 Å². The Morgan fingerprint density at radius 3 is 2.55 bits per heavy atom. The number of pyridine rings is 1. The minimum atomic E-state index is -3.48. The van der Waals surface area contributed by atoms with E-state index in [0.717, 1.165) is 24.2 Å². The second kappa shape index (κ2) is 9.21. The van der Waals surface area contributed by atoms with Gasteiger partial charge in [0.2, 0.25) is 15.9 Å². The summed E-state index contributed by atoms with van der Waals surface area (Å²) in [6.45, 7) is 2.97. The summed E-state index contributed by atoms with van der Waals surface area (Å²) in [6, 6.07) is 14.6. The summed E-state index contributed by atoms with van der Waals surface area (Å²) in [5.41, 5.74) is 1.65. The predicted molar refractivity (Wildman–Crippen MR) is 120 cm³/mol. The molecule has 0 saturated carbocycles. The maximum absolute atomic E-state index is 12.6. The SMILES string of the molecule is Cc1cc(NC(=O)CSc2ccc(S(=O)(=O)N3CCCC3)cn2)n(-c2ccccc2)n1. The molecule has 3 aromatic rings. The normalized spacial score (nSPS) is 14.6. The highest BCUT2D eigenvalue weighted by atomic mass is 32.2. The number of carbonyl (C=O) groups is 1. The minimum absolute atomic E-state index is 0.143.